The molecule has 1 aliphatic carbocycles. The Bertz CT molecular complexity index is 1140. The number of carbonyl (C=O) groups excluding carboxylic acids is 1. The van der Waals surface area contributed by atoms with Gasteiger partial charge >= 0.3 is 0 Å². The van der Waals surface area contributed by atoms with E-state index in [9.17, 15) is 9.90 Å². The minimum absolute atomic E-state index is 0.0493. The number of aliphatic hydroxyl groups excluding tert-OH is 1. The number of carbonyl (C=O) groups is 1. The number of fused-ring (bicyclic) bond motifs is 3. The van der Waals surface area contributed by atoms with E-state index in [1.807, 2.05) is 31.2 Å². The van der Waals surface area contributed by atoms with Crippen LogP contribution in [0.5, 0.6) is 11.5 Å². The fraction of sp³-hybridized carbons (Fsp3) is 0.517. The number of likely N-dealkylation sites (tertiary alicyclic amines) is 1. The molecule has 2 aliphatic heterocycles. The number of aliphatic imine (C=N–C) groups is 1. The first-order chi connectivity index (χ1) is 17.5. The van der Waals surface area contributed by atoms with E-state index in [0.29, 0.717) is 18.8 Å². The highest BCUT2D eigenvalue weighted by atomic mass is 16.5. The molecule has 0 aromatic heterocycles. The van der Waals surface area contributed by atoms with Gasteiger partial charge in [0.15, 0.2) is 11.5 Å². The standard InChI is InChI=1S/C29H37N3O4/c1-4-36-27-16-22-23-15-21(33)8-9-25(23)31-28(24(22)17-26(27)35-3)19-6-5-7-20(14-19)30-29(34)18-10-12-32(2)13-11-18/h5-7,14,16-18,21,23,25,33H,4,8-13,15H2,1-3H3,(H,30,34). The third kappa shape index (κ3) is 5.00. The Morgan fingerprint density at radius 3 is 2.69 bits per heavy atom. The average Bonchev–Trinajstić information content (AvgIpc) is 2.88. The number of nitrogens with zero attached hydrogens (tertiary/aromatic N) is 2. The number of anilines is 1. The summed E-state index contributed by atoms with van der Waals surface area (Å²) in [6.45, 7) is 4.42. The van der Waals surface area contributed by atoms with Gasteiger partial charge in [-0.2, -0.15) is 0 Å². The van der Waals surface area contributed by atoms with E-state index in [1.165, 1.54) is 0 Å². The van der Waals surface area contributed by atoms with Gasteiger partial charge in [-0.05, 0) is 89.0 Å². The van der Waals surface area contributed by atoms with E-state index in [2.05, 4.69) is 29.4 Å². The van der Waals surface area contributed by atoms with E-state index >= 15 is 0 Å². The highest BCUT2D eigenvalue weighted by Gasteiger charge is 2.37. The van der Waals surface area contributed by atoms with Crippen molar-refractivity contribution in [2.75, 3.05) is 39.2 Å². The summed E-state index contributed by atoms with van der Waals surface area (Å²) in [6.07, 6.45) is 3.76. The van der Waals surface area contributed by atoms with Crippen LogP contribution in [-0.2, 0) is 4.79 Å². The van der Waals surface area contributed by atoms with E-state index < -0.39 is 0 Å². The molecule has 2 aromatic rings. The molecule has 7 nitrogen and oxygen atoms in total. The molecule has 0 bridgehead atoms. The molecule has 2 N–H and O–H groups in total. The lowest BCUT2D eigenvalue weighted by Crippen LogP contribution is -2.36. The molecule has 0 radical (unpaired) electrons. The summed E-state index contributed by atoms with van der Waals surface area (Å²) in [5, 5.41) is 13.6. The summed E-state index contributed by atoms with van der Waals surface area (Å²) in [5.41, 5.74) is 4.81. The molecule has 3 unspecified atom stereocenters. The van der Waals surface area contributed by atoms with Crippen LogP contribution in [0.25, 0.3) is 0 Å². The van der Waals surface area contributed by atoms with Crippen LogP contribution in [-0.4, -0.2) is 67.6 Å². The van der Waals surface area contributed by atoms with Gasteiger partial charge in [0, 0.05) is 28.7 Å². The molecule has 2 fully saturated rings. The van der Waals surface area contributed by atoms with Crippen molar-refractivity contribution in [2.45, 2.75) is 57.1 Å². The Hall–Kier alpha value is -2.90. The second-order valence-electron chi connectivity index (χ2n) is 10.3. The van der Waals surface area contributed by atoms with E-state index in [4.69, 9.17) is 14.5 Å². The van der Waals surface area contributed by atoms with Crippen molar-refractivity contribution in [2.24, 2.45) is 10.9 Å². The lowest BCUT2D eigenvalue weighted by atomic mass is 9.74. The van der Waals surface area contributed by atoms with Crippen molar-refractivity contribution in [3.63, 3.8) is 0 Å². The van der Waals surface area contributed by atoms with Gasteiger partial charge in [0.2, 0.25) is 5.91 Å². The van der Waals surface area contributed by atoms with Crippen LogP contribution in [0, 0.1) is 5.92 Å². The summed E-state index contributed by atoms with van der Waals surface area (Å²) >= 11 is 0. The van der Waals surface area contributed by atoms with Gasteiger partial charge in [0.25, 0.3) is 0 Å². The number of methoxy groups -OCH3 is 1. The van der Waals surface area contributed by atoms with Crippen LogP contribution < -0.4 is 14.8 Å². The number of hydrogen-bond acceptors (Lipinski definition) is 6. The van der Waals surface area contributed by atoms with E-state index in [-0.39, 0.29) is 29.9 Å². The number of piperidine rings is 1. The molecule has 3 atom stereocenters. The Morgan fingerprint density at radius 1 is 1.14 bits per heavy atom. The van der Waals surface area contributed by atoms with Crippen molar-refractivity contribution >= 4 is 17.3 Å². The molecular formula is C29H37N3O4. The highest BCUT2D eigenvalue weighted by Crippen LogP contribution is 2.45. The zero-order valence-electron chi connectivity index (χ0n) is 21.5. The molecule has 2 aromatic carbocycles. The minimum atomic E-state index is -0.313. The third-order valence-electron chi connectivity index (χ3n) is 7.86. The van der Waals surface area contributed by atoms with Gasteiger partial charge in [0.1, 0.15) is 0 Å². The zero-order valence-corrected chi connectivity index (χ0v) is 21.5. The number of amides is 1. The maximum Gasteiger partial charge on any atom is 0.227 e. The van der Waals surface area contributed by atoms with Gasteiger partial charge in [-0.3, -0.25) is 9.79 Å². The molecule has 3 aliphatic rings. The van der Waals surface area contributed by atoms with Crippen molar-refractivity contribution in [1.82, 2.24) is 4.90 Å². The van der Waals surface area contributed by atoms with E-state index in [1.54, 1.807) is 7.11 Å². The van der Waals surface area contributed by atoms with Crippen LogP contribution in [0.1, 0.15) is 61.6 Å². The number of nitrogens with one attached hydrogen (secondary N) is 1. The number of hydrogen-bond donors (Lipinski definition) is 2. The molecular weight excluding hydrogens is 454 g/mol. The lowest BCUT2D eigenvalue weighted by Gasteiger charge is -2.37. The molecule has 1 saturated heterocycles. The molecule has 1 saturated carbocycles. The van der Waals surface area contributed by atoms with Gasteiger partial charge in [-0.25, -0.2) is 0 Å². The van der Waals surface area contributed by atoms with Crippen LogP contribution >= 0.6 is 0 Å². The lowest BCUT2D eigenvalue weighted by molar-refractivity contribution is -0.121. The molecule has 2 heterocycles. The SMILES string of the molecule is CCOc1cc2c(cc1OC)C(c1cccc(NC(=O)C3CCN(C)CC3)c1)=NC1CCC(O)CC21. The molecule has 36 heavy (non-hydrogen) atoms. The zero-order chi connectivity index (χ0) is 25.2. The van der Waals surface area contributed by atoms with Crippen molar-refractivity contribution < 1.29 is 19.4 Å². The topological polar surface area (TPSA) is 83.4 Å². The first kappa shape index (κ1) is 24.8. The van der Waals surface area contributed by atoms with Crippen molar-refractivity contribution in [1.29, 1.82) is 0 Å². The second kappa shape index (κ2) is 10.6. The van der Waals surface area contributed by atoms with Crippen molar-refractivity contribution in [3.8, 4) is 11.5 Å². The highest BCUT2D eigenvalue weighted by molar-refractivity contribution is 6.15. The quantitative estimate of drug-likeness (QED) is 0.632. The number of benzene rings is 2. The predicted molar refractivity (Wildman–Crippen MR) is 141 cm³/mol. The third-order valence-corrected chi connectivity index (χ3v) is 7.86. The van der Waals surface area contributed by atoms with Gasteiger partial charge < -0.3 is 24.8 Å². The molecule has 192 valence electrons. The summed E-state index contributed by atoms with van der Waals surface area (Å²) in [5.74, 6) is 1.68. The summed E-state index contributed by atoms with van der Waals surface area (Å²) in [6, 6.07) is 12.2. The Morgan fingerprint density at radius 2 is 1.94 bits per heavy atom. The second-order valence-corrected chi connectivity index (χ2v) is 10.3. The maximum absolute atomic E-state index is 12.9. The van der Waals surface area contributed by atoms with Gasteiger partial charge in [-0.15, -0.1) is 0 Å². The molecule has 7 heteroatoms. The summed E-state index contributed by atoms with van der Waals surface area (Å²) in [4.78, 5) is 20.4. The first-order valence-corrected chi connectivity index (χ1v) is 13.2. The summed E-state index contributed by atoms with van der Waals surface area (Å²) in [7, 11) is 3.75. The normalized spacial score (nSPS) is 24.3. The van der Waals surface area contributed by atoms with E-state index in [0.717, 1.165) is 72.6 Å². The molecule has 0 spiro atoms. The van der Waals surface area contributed by atoms with Crippen LogP contribution in [0.3, 0.4) is 0 Å². The van der Waals surface area contributed by atoms with Gasteiger partial charge in [-0.1, -0.05) is 12.1 Å². The molecule has 5 rings (SSSR count). The fourth-order valence-corrected chi connectivity index (χ4v) is 5.86. The first-order valence-electron chi connectivity index (χ1n) is 13.2. The van der Waals surface area contributed by atoms with Crippen LogP contribution in [0.2, 0.25) is 0 Å². The minimum Gasteiger partial charge on any atom is -0.493 e. The number of ether oxygens (including phenoxy) is 2. The fourth-order valence-electron chi connectivity index (χ4n) is 5.86. The molecule has 1 amide bonds. The van der Waals surface area contributed by atoms with Crippen LogP contribution in [0.15, 0.2) is 41.4 Å². The number of aliphatic hydroxyl groups is 1. The van der Waals surface area contributed by atoms with Crippen LogP contribution in [0.4, 0.5) is 5.69 Å². The maximum atomic E-state index is 12.9. The van der Waals surface area contributed by atoms with Crippen molar-refractivity contribution in [3.05, 3.63) is 53.1 Å². The predicted octanol–water partition coefficient (Wildman–Crippen LogP) is 4.22. The number of rotatable bonds is 6. The smallest absolute Gasteiger partial charge is 0.227 e. The Kier molecular flexibility index (Phi) is 7.30. The average molecular weight is 492 g/mol. The Labute approximate surface area is 213 Å². The summed E-state index contributed by atoms with van der Waals surface area (Å²) < 4.78 is 11.6. The largest absolute Gasteiger partial charge is 0.493 e. The van der Waals surface area contributed by atoms with Gasteiger partial charge in [0.05, 0.1) is 31.6 Å². The Balaban J connectivity index is 1.48. The monoisotopic (exact) mass is 491 g/mol.